The van der Waals surface area contributed by atoms with E-state index in [9.17, 15) is 9.90 Å². The number of hydrogen-bond donors (Lipinski definition) is 1. The highest BCUT2D eigenvalue weighted by Crippen LogP contribution is 2.61. The molecule has 0 aliphatic carbocycles. The fourth-order valence-electron chi connectivity index (χ4n) is 6.97. The fourth-order valence-corrected chi connectivity index (χ4v) is 11.4. The van der Waals surface area contributed by atoms with Crippen molar-refractivity contribution in [1.29, 1.82) is 0 Å². The minimum absolute atomic E-state index is 0.0441. The van der Waals surface area contributed by atoms with Crippen LogP contribution in [0, 0.1) is 33.1 Å². The van der Waals surface area contributed by atoms with Gasteiger partial charge >= 0.3 is 5.97 Å². The predicted molar refractivity (Wildman–Crippen MR) is 183 cm³/mol. The smallest absolute Gasteiger partial charge is 0.310 e. The lowest BCUT2D eigenvalue weighted by atomic mass is 9.65. The summed E-state index contributed by atoms with van der Waals surface area (Å²) in [5, 5.41) is 12.5. The van der Waals surface area contributed by atoms with Crippen molar-refractivity contribution in [2.45, 2.75) is 159 Å². The number of hydrogen-bond acceptors (Lipinski definition) is 1. The topological polar surface area (TPSA) is 37.3 Å². The SMILES string of the molecule is Cc1c(C)c(C)c(P(C(C)(C)C)C(C)(C)C)c(C(c2c(C(C)C)cc(C(C)C)cc2C(C)C)C(C)(C)C(=O)O)c1C. The summed E-state index contributed by atoms with van der Waals surface area (Å²) in [5.74, 6) is -0.0655. The normalized spacial score (nSPS) is 14.1. The average Bonchev–Trinajstić information content (AvgIpc) is 2.80. The van der Waals surface area contributed by atoms with Crippen LogP contribution in [-0.4, -0.2) is 21.4 Å². The molecule has 2 aromatic carbocycles. The van der Waals surface area contributed by atoms with Gasteiger partial charge in [-0.1, -0.05) is 103 Å². The van der Waals surface area contributed by atoms with E-state index in [1.54, 1.807) is 0 Å². The summed E-state index contributed by atoms with van der Waals surface area (Å²) in [5.41, 5.74) is 10.7. The van der Waals surface area contributed by atoms with Crippen LogP contribution in [0.1, 0.15) is 171 Å². The molecule has 0 aliphatic heterocycles. The van der Waals surface area contributed by atoms with Gasteiger partial charge in [0.15, 0.2) is 0 Å². The molecule has 0 saturated heterocycles. The van der Waals surface area contributed by atoms with Crippen LogP contribution in [0.25, 0.3) is 0 Å². The summed E-state index contributed by atoms with van der Waals surface area (Å²) in [6.07, 6.45) is 0. The van der Waals surface area contributed by atoms with Crippen molar-refractivity contribution in [3.63, 3.8) is 0 Å². The van der Waals surface area contributed by atoms with Crippen molar-refractivity contribution in [2.75, 3.05) is 0 Å². The van der Waals surface area contributed by atoms with Crippen LogP contribution < -0.4 is 5.30 Å². The summed E-state index contributed by atoms with van der Waals surface area (Å²) in [7, 11) is -0.673. The Balaban J connectivity index is 3.44. The first-order valence-electron chi connectivity index (χ1n) is 15.7. The minimum atomic E-state index is -1.02. The monoisotopic (exact) mass is 580 g/mol. The Bertz CT molecular complexity index is 1240. The van der Waals surface area contributed by atoms with Crippen LogP contribution in [0.2, 0.25) is 0 Å². The second-order valence-corrected chi connectivity index (χ2v) is 19.8. The van der Waals surface area contributed by atoms with Crippen LogP contribution >= 0.6 is 7.92 Å². The summed E-state index contributed by atoms with van der Waals surface area (Å²) in [6.45, 7) is 40.9. The highest BCUT2D eigenvalue weighted by atomic mass is 31.1. The molecule has 0 radical (unpaired) electrons. The zero-order valence-electron chi connectivity index (χ0n) is 29.8. The lowest BCUT2D eigenvalue weighted by molar-refractivity contribution is -0.147. The van der Waals surface area contributed by atoms with Gasteiger partial charge < -0.3 is 5.11 Å². The van der Waals surface area contributed by atoms with Crippen molar-refractivity contribution in [1.82, 2.24) is 0 Å². The van der Waals surface area contributed by atoms with Crippen LogP contribution in [0.3, 0.4) is 0 Å². The van der Waals surface area contributed by atoms with Crippen molar-refractivity contribution in [3.05, 3.63) is 62.2 Å². The second-order valence-electron chi connectivity index (χ2n) is 16.0. The molecule has 41 heavy (non-hydrogen) atoms. The molecule has 2 aromatic rings. The van der Waals surface area contributed by atoms with E-state index >= 15 is 0 Å². The van der Waals surface area contributed by atoms with Crippen molar-refractivity contribution >= 4 is 19.2 Å². The first-order valence-corrected chi connectivity index (χ1v) is 17.0. The van der Waals surface area contributed by atoms with E-state index < -0.39 is 19.3 Å². The molecule has 1 N–H and O–H groups in total. The molecule has 1 atom stereocenters. The van der Waals surface area contributed by atoms with Crippen LogP contribution in [0.4, 0.5) is 0 Å². The van der Waals surface area contributed by atoms with Crippen molar-refractivity contribution in [3.8, 4) is 0 Å². The number of aliphatic carboxylic acids is 1. The molecule has 2 rings (SSSR count). The third-order valence-electron chi connectivity index (χ3n) is 9.29. The van der Waals surface area contributed by atoms with Gasteiger partial charge in [0.1, 0.15) is 0 Å². The van der Waals surface area contributed by atoms with Crippen LogP contribution in [0.5, 0.6) is 0 Å². The zero-order chi connectivity index (χ0) is 32.2. The van der Waals surface area contributed by atoms with E-state index in [1.807, 2.05) is 13.8 Å². The maximum atomic E-state index is 13.4. The molecule has 2 nitrogen and oxygen atoms in total. The lowest BCUT2D eigenvalue weighted by Gasteiger charge is -2.47. The second kappa shape index (κ2) is 12.1. The number of rotatable bonds is 8. The molecule has 0 aromatic heterocycles. The Morgan fingerprint density at radius 2 is 1.02 bits per heavy atom. The molecule has 0 amide bonds. The third-order valence-corrected chi connectivity index (χ3v) is 13.0. The molecule has 230 valence electrons. The van der Waals surface area contributed by atoms with E-state index in [4.69, 9.17) is 0 Å². The average molecular weight is 581 g/mol. The summed E-state index contributed by atoms with van der Waals surface area (Å²) >= 11 is 0. The third kappa shape index (κ3) is 6.79. The Hall–Kier alpha value is -1.66. The van der Waals surface area contributed by atoms with Gasteiger partial charge in [-0.25, -0.2) is 0 Å². The highest BCUT2D eigenvalue weighted by Gasteiger charge is 2.47. The van der Waals surface area contributed by atoms with E-state index in [0.29, 0.717) is 5.92 Å². The fraction of sp³-hybridized carbons (Fsp3) is 0.658. The molecule has 1 unspecified atom stereocenters. The molecule has 0 bridgehead atoms. The van der Waals surface area contributed by atoms with E-state index in [0.717, 1.165) is 0 Å². The van der Waals surface area contributed by atoms with Gasteiger partial charge in [0.2, 0.25) is 0 Å². The van der Waals surface area contributed by atoms with Gasteiger partial charge in [0.05, 0.1) is 5.41 Å². The van der Waals surface area contributed by atoms with Gasteiger partial charge in [0, 0.05) is 5.92 Å². The zero-order valence-corrected chi connectivity index (χ0v) is 30.7. The quantitative estimate of drug-likeness (QED) is 0.315. The molecular weight excluding hydrogens is 519 g/mol. The molecular formula is C38H61O2P. The van der Waals surface area contributed by atoms with E-state index in [2.05, 4.69) is 123 Å². The van der Waals surface area contributed by atoms with Gasteiger partial charge in [-0.05, 0) is 125 Å². The minimum Gasteiger partial charge on any atom is -0.481 e. The predicted octanol–water partition coefficient (Wildman–Crippen LogP) is 11.2. The number of carboxylic acids is 1. The molecule has 0 fully saturated rings. The first-order chi connectivity index (χ1) is 18.4. The number of benzene rings is 2. The first kappa shape index (κ1) is 35.5. The number of carbonyl (C=O) groups is 1. The maximum Gasteiger partial charge on any atom is 0.310 e. The largest absolute Gasteiger partial charge is 0.481 e. The highest BCUT2D eigenvalue weighted by molar-refractivity contribution is 7.68. The summed E-state index contributed by atoms with van der Waals surface area (Å²) in [6, 6.07) is 4.78. The molecule has 3 heteroatoms. The summed E-state index contributed by atoms with van der Waals surface area (Å²) in [4.78, 5) is 13.4. The molecule has 0 aliphatic rings. The van der Waals surface area contributed by atoms with Crippen LogP contribution in [-0.2, 0) is 4.79 Å². The Labute approximate surface area is 254 Å². The van der Waals surface area contributed by atoms with Gasteiger partial charge in [0.25, 0.3) is 0 Å². The van der Waals surface area contributed by atoms with Gasteiger partial charge in [-0.3, -0.25) is 4.79 Å². The van der Waals surface area contributed by atoms with E-state index in [1.165, 1.54) is 55.4 Å². The Morgan fingerprint density at radius 3 is 1.34 bits per heavy atom. The van der Waals surface area contributed by atoms with Gasteiger partial charge in [-0.15, -0.1) is 0 Å². The molecule has 0 heterocycles. The van der Waals surface area contributed by atoms with Gasteiger partial charge in [-0.2, -0.15) is 0 Å². The lowest BCUT2D eigenvalue weighted by Crippen LogP contribution is -2.40. The standard InChI is InChI=1S/C38H61O2P/c1-21(2)28-19-29(22(3)4)32(30(20-28)23(5)6)33(38(17,18)35(39)40)31-26(9)24(7)25(8)27(10)34(31)41(36(11,12)13)37(14,15)16/h19-23,33H,1-18H3,(H,39,40). The molecule has 0 spiro atoms. The summed E-state index contributed by atoms with van der Waals surface area (Å²) < 4.78 is 0. The Kier molecular flexibility index (Phi) is 10.5. The maximum absolute atomic E-state index is 13.4. The van der Waals surface area contributed by atoms with Crippen molar-refractivity contribution < 1.29 is 9.90 Å². The van der Waals surface area contributed by atoms with Crippen LogP contribution in [0.15, 0.2) is 12.1 Å². The van der Waals surface area contributed by atoms with Crippen molar-refractivity contribution in [2.24, 2.45) is 5.41 Å². The Morgan fingerprint density at radius 1 is 0.634 bits per heavy atom. The van der Waals surface area contributed by atoms with E-state index in [-0.39, 0.29) is 28.1 Å². The number of carboxylic acid groups (broad SMARTS) is 1. The molecule has 0 saturated carbocycles.